The molecule has 3 amide bonds. The molecule has 392 valence electrons. The third-order valence-corrected chi connectivity index (χ3v) is 14.9. The summed E-state index contributed by atoms with van der Waals surface area (Å²) < 4.78 is 29.8. The Morgan fingerprint density at radius 2 is 1.47 bits per heavy atom. The van der Waals surface area contributed by atoms with Crippen molar-refractivity contribution in [3.63, 3.8) is 0 Å². The Hall–Kier alpha value is -8.60. The van der Waals surface area contributed by atoms with Crippen LogP contribution in [0, 0.1) is 27.9 Å². The van der Waals surface area contributed by atoms with Gasteiger partial charge in [0.05, 0.1) is 41.8 Å². The van der Waals surface area contributed by atoms with Gasteiger partial charge >= 0.3 is 12.1 Å². The number of ether oxygens (including phenoxy) is 5. The average Bonchev–Trinajstić information content (AvgIpc) is 3.15. The van der Waals surface area contributed by atoms with Gasteiger partial charge in [0, 0.05) is 56.8 Å². The molecule has 5 heterocycles. The summed E-state index contributed by atoms with van der Waals surface area (Å²) in [7, 11) is 0. The molecule has 18 heteroatoms. The van der Waals surface area contributed by atoms with Crippen LogP contribution < -0.4 is 19.1 Å². The fraction of sp³-hybridized carbons (Fsp3) is 0.288. The molecule has 1 spiro atoms. The smallest absolute Gasteiger partial charge is 0.421 e. The highest BCUT2D eigenvalue weighted by Crippen LogP contribution is 2.66. The Kier molecular flexibility index (Phi) is 14.2. The number of rotatable bonds is 13. The van der Waals surface area contributed by atoms with Crippen molar-refractivity contribution in [2.24, 2.45) is 5.92 Å². The highest BCUT2D eigenvalue weighted by atomic mass is 16.7. The van der Waals surface area contributed by atoms with Crippen LogP contribution in [-0.2, 0) is 42.4 Å². The number of nitro groups is 1. The van der Waals surface area contributed by atoms with E-state index < -0.39 is 64.4 Å². The predicted octanol–water partition coefficient (Wildman–Crippen LogP) is 6.78. The lowest BCUT2D eigenvalue weighted by Gasteiger charge is -2.46. The molecule has 3 fully saturated rings. The highest BCUT2D eigenvalue weighted by Gasteiger charge is 2.76. The minimum absolute atomic E-state index is 0.0611. The SMILES string of the molecule is O=C1O[C@@H](c2ccccc2)[C@@H](c2ccccc2)N2[C@@H](c3cccc(OCCO)c3)[C@]3(C(=O)N(C(=O)OCc4ccc([N+](=O)[O-])cc4)c4ccc(C#CCCO)cc43)[C@@H](C(=O)N3CCN(Cc4ccc5c(c4)OCO5)CC3)[C@H]12. The Balaban J connectivity index is 1.10. The fourth-order valence-electron chi connectivity index (χ4n) is 11.6. The number of benzene rings is 6. The molecule has 0 bridgehead atoms. The number of esters is 1. The lowest BCUT2D eigenvalue weighted by atomic mass is 9.64. The van der Waals surface area contributed by atoms with Crippen LogP contribution in [0.25, 0.3) is 0 Å². The van der Waals surface area contributed by atoms with E-state index in [4.69, 9.17) is 23.7 Å². The molecule has 0 aromatic heterocycles. The molecule has 6 aromatic carbocycles. The van der Waals surface area contributed by atoms with Crippen molar-refractivity contribution in [3.8, 4) is 29.1 Å². The van der Waals surface area contributed by atoms with Crippen molar-refractivity contribution in [2.45, 2.75) is 49.2 Å². The van der Waals surface area contributed by atoms with Gasteiger partial charge < -0.3 is 38.8 Å². The number of nitrogens with zero attached hydrogens (tertiary/aromatic N) is 5. The number of aliphatic hydroxyl groups is 2. The zero-order chi connectivity index (χ0) is 53.2. The maximum absolute atomic E-state index is 16.8. The number of anilines is 1. The van der Waals surface area contributed by atoms with E-state index >= 15 is 19.2 Å². The minimum atomic E-state index is -2.13. The number of hydrogen-bond acceptors (Lipinski definition) is 15. The van der Waals surface area contributed by atoms with Gasteiger partial charge in [-0.25, -0.2) is 9.69 Å². The molecule has 5 aliphatic rings. The van der Waals surface area contributed by atoms with Crippen molar-refractivity contribution < 1.29 is 58.0 Å². The number of cyclic esters (lactones) is 1. The summed E-state index contributed by atoms with van der Waals surface area (Å²) in [5, 5.41) is 31.1. The third-order valence-electron chi connectivity index (χ3n) is 14.9. The lowest BCUT2D eigenvalue weighted by Crippen LogP contribution is -2.59. The van der Waals surface area contributed by atoms with Gasteiger partial charge in [0.15, 0.2) is 11.5 Å². The van der Waals surface area contributed by atoms with E-state index in [-0.39, 0.29) is 69.7 Å². The monoisotopic (exact) mass is 1040 g/mol. The zero-order valence-electron chi connectivity index (χ0n) is 41.6. The number of amides is 3. The van der Waals surface area contributed by atoms with Crippen LogP contribution >= 0.6 is 0 Å². The van der Waals surface area contributed by atoms with E-state index in [0.29, 0.717) is 64.7 Å². The molecule has 6 atom stereocenters. The molecule has 0 aliphatic carbocycles. The summed E-state index contributed by atoms with van der Waals surface area (Å²) in [6, 6.07) is 38.3. The van der Waals surface area contributed by atoms with E-state index in [1.54, 1.807) is 47.4 Å². The molecule has 0 unspecified atom stereocenters. The summed E-state index contributed by atoms with van der Waals surface area (Å²) in [6.45, 7) is 1.05. The highest BCUT2D eigenvalue weighted by molar-refractivity contribution is 6.23. The minimum Gasteiger partial charge on any atom is -0.491 e. The van der Waals surface area contributed by atoms with Crippen LogP contribution in [0.2, 0.25) is 0 Å². The van der Waals surface area contributed by atoms with Crippen molar-refractivity contribution >= 4 is 35.3 Å². The molecule has 0 saturated carbocycles. The van der Waals surface area contributed by atoms with Crippen LogP contribution in [0.15, 0.2) is 146 Å². The van der Waals surface area contributed by atoms with Crippen LogP contribution in [0.1, 0.15) is 63.6 Å². The molecule has 0 radical (unpaired) electrons. The number of non-ortho nitro benzene ring substituents is 1. The largest absolute Gasteiger partial charge is 0.491 e. The molecule has 18 nitrogen and oxygen atoms in total. The van der Waals surface area contributed by atoms with Gasteiger partial charge in [-0.3, -0.25) is 34.3 Å². The van der Waals surface area contributed by atoms with E-state index in [0.717, 1.165) is 10.5 Å². The Bertz CT molecular complexity index is 3290. The lowest BCUT2D eigenvalue weighted by molar-refractivity contribution is -0.384. The quantitative estimate of drug-likeness (QED) is 0.0529. The van der Waals surface area contributed by atoms with E-state index in [1.807, 2.05) is 83.8 Å². The normalized spacial score (nSPS) is 22.4. The maximum Gasteiger partial charge on any atom is 0.421 e. The first-order valence-corrected chi connectivity index (χ1v) is 25.4. The molecule has 6 aromatic rings. The van der Waals surface area contributed by atoms with Gasteiger partial charge in [0.1, 0.15) is 36.5 Å². The van der Waals surface area contributed by atoms with Crippen molar-refractivity contribution in [2.75, 3.05) is 57.7 Å². The summed E-state index contributed by atoms with van der Waals surface area (Å²) in [5.41, 5.74) is 1.64. The van der Waals surface area contributed by atoms with E-state index in [9.17, 15) is 20.3 Å². The zero-order valence-corrected chi connectivity index (χ0v) is 41.6. The Morgan fingerprint density at radius 1 is 0.753 bits per heavy atom. The van der Waals surface area contributed by atoms with Gasteiger partial charge in [0.2, 0.25) is 18.6 Å². The van der Waals surface area contributed by atoms with Crippen LogP contribution in [0.3, 0.4) is 0 Å². The van der Waals surface area contributed by atoms with Crippen LogP contribution in [-0.4, -0.2) is 113 Å². The first-order valence-electron chi connectivity index (χ1n) is 25.4. The van der Waals surface area contributed by atoms with Crippen molar-refractivity contribution in [3.05, 3.63) is 195 Å². The van der Waals surface area contributed by atoms with Gasteiger partial charge in [-0.05, 0) is 88.0 Å². The van der Waals surface area contributed by atoms with Gasteiger partial charge in [-0.2, -0.15) is 0 Å². The number of piperazine rings is 1. The number of morpholine rings is 1. The van der Waals surface area contributed by atoms with E-state index in [1.165, 1.54) is 24.3 Å². The van der Waals surface area contributed by atoms with Crippen molar-refractivity contribution in [1.29, 1.82) is 0 Å². The second kappa shape index (κ2) is 21.6. The van der Waals surface area contributed by atoms with E-state index in [2.05, 4.69) is 16.7 Å². The topological polar surface area (TPSA) is 211 Å². The van der Waals surface area contributed by atoms with Crippen molar-refractivity contribution in [1.82, 2.24) is 14.7 Å². The molecule has 2 N–H and O–H groups in total. The number of fused-ring (bicyclic) bond motifs is 4. The van der Waals surface area contributed by atoms with Crippen LogP contribution in [0.5, 0.6) is 17.2 Å². The number of aliphatic hydroxyl groups excluding tert-OH is 2. The standard InChI is InChI=1S/C59H53N5O13/c65-29-8-7-10-38-19-23-47-46(32-38)59(57(69)62(47)58(70)74-36-39-17-21-44(22-18-39)64(71)72)50(55(67)61-27-25-60(26-28-61)35-40-20-24-48-49(33-40)76-37-75-48)52-56(68)77-53(42-13-5-2-6-14-42)51(41-11-3-1-4-12-41)63(52)54(59)43-15-9-16-45(34-43)73-31-30-66/h1-6,9,11-24,32-34,50-54,65-66H,8,25-31,35-37H2/t50-,51-,52-,53+,54+,59-/m1/s1. The van der Waals surface area contributed by atoms with Crippen LogP contribution in [0.4, 0.5) is 16.2 Å². The second-order valence-electron chi connectivity index (χ2n) is 19.3. The third kappa shape index (κ3) is 9.37. The molecule has 5 aliphatic heterocycles. The fourth-order valence-corrected chi connectivity index (χ4v) is 11.6. The summed E-state index contributed by atoms with van der Waals surface area (Å²) in [5.74, 6) is 4.04. The average molecular weight is 1040 g/mol. The maximum atomic E-state index is 16.8. The first kappa shape index (κ1) is 50.6. The summed E-state index contributed by atoms with van der Waals surface area (Å²) in [6.07, 6.45) is -1.94. The van der Waals surface area contributed by atoms with Gasteiger partial charge in [-0.15, -0.1) is 0 Å². The first-order chi connectivity index (χ1) is 37.6. The second-order valence-corrected chi connectivity index (χ2v) is 19.3. The summed E-state index contributed by atoms with van der Waals surface area (Å²) >= 11 is 0. The molecular formula is C59H53N5O13. The number of carbonyl (C=O) groups excluding carboxylic acids is 4. The molecule has 3 saturated heterocycles. The molecule has 77 heavy (non-hydrogen) atoms. The predicted molar refractivity (Wildman–Crippen MR) is 277 cm³/mol. The number of nitro benzene ring substituents is 1. The summed E-state index contributed by atoms with van der Waals surface area (Å²) in [4.78, 5) is 81.6. The Morgan fingerprint density at radius 3 is 2.19 bits per heavy atom. The number of carbonyl (C=O) groups is 4. The molecular weight excluding hydrogens is 987 g/mol. The number of hydrogen-bond donors (Lipinski definition) is 2. The van der Waals surface area contributed by atoms with Gasteiger partial charge in [0.25, 0.3) is 5.69 Å². The Labute approximate surface area is 443 Å². The number of imide groups is 1. The van der Waals surface area contributed by atoms with Gasteiger partial charge in [-0.1, -0.05) is 90.7 Å². The molecule has 11 rings (SSSR count).